The average Bonchev–Trinajstić information content (AvgIpc) is 2.13. The molecule has 0 saturated carbocycles. The number of rotatable bonds is 4. The summed E-state index contributed by atoms with van der Waals surface area (Å²) < 4.78 is 0. The van der Waals surface area contributed by atoms with Crippen molar-refractivity contribution in [1.82, 2.24) is 4.90 Å². The molecule has 76 valence electrons. The molecule has 1 aliphatic rings. The van der Waals surface area contributed by atoms with Crippen molar-refractivity contribution < 1.29 is 0 Å². The smallest absolute Gasteiger partial charge is 0.000958 e. The lowest BCUT2D eigenvalue weighted by atomic mass is 9.95. The van der Waals surface area contributed by atoms with Gasteiger partial charge in [0.1, 0.15) is 0 Å². The second-order valence-electron chi connectivity index (χ2n) is 4.05. The Labute approximate surface area is 81.8 Å². The number of nitrogens with zero attached hydrogens (tertiary/aromatic N) is 1. The molecule has 0 aromatic rings. The van der Waals surface area contributed by atoms with Crippen LogP contribution < -0.4 is 5.73 Å². The molecule has 2 heteroatoms. The third-order valence-electron chi connectivity index (χ3n) is 2.69. The van der Waals surface area contributed by atoms with Crippen molar-refractivity contribution in [2.45, 2.75) is 25.7 Å². The van der Waals surface area contributed by atoms with E-state index >= 15 is 0 Å². The second-order valence-corrected chi connectivity index (χ2v) is 4.05. The van der Waals surface area contributed by atoms with Crippen molar-refractivity contribution >= 4 is 0 Å². The highest BCUT2D eigenvalue weighted by Gasteiger charge is 2.15. The summed E-state index contributed by atoms with van der Waals surface area (Å²) in [5.74, 6) is 0.882. The van der Waals surface area contributed by atoms with Gasteiger partial charge in [-0.15, -0.1) is 0 Å². The molecule has 1 aliphatic heterocycles. The maximum absolute atomic E-state index is 5.41. The summed E-state index contributed by atoms with van der Waals surface area (Å²) >= 11 is 0. The molecule has 0 amide bonds. The molecule has 13 heavy (non-hydrogen) atoms. The number of nitrogens with two attached hydrogens (primary N) is 1. The van der Waals surface area contributed by atoms with E-state index in [0.29, 0.717) is 0 Å². The highest BCUT2D eigenvalue weighted by atomic mass is 15.1. The van der Waals surface area contributed by atoms with E-state index < -0.39 is 0 Å². The molecule has 1 fully saturated rings. The minimum absolute atomic E-state index is 0.779. The fourth-order valence-electron chi connectivity index (χ4n) is 1.97. The van der Waals surface area contributed by atoms with Crippen LogP contribution in [0.15, 0.2) is 12.2 Å². The molecule has 0 bridgehead atoms. The zero-order valence-electron chi connectivity index (χ0n) is 8.71. The Morgan fingerprint density at radius 1 is 1.46 bits per heavy atom. The Morgan fingerprint density at radius 3 is 3.00 bits per heavy atom. The van der Waals surface area contributed by atoms with E-state index in [9.17, 15) is 0 Å². The van der Waals surface area contributed by atoms with Crippen LogP contribution in [0.5, 0.6) is 0 Å². The lowest BCUT2D eigenvalue weighted by Crippen LogP contribution is -2.31. The van der Waals surface area contributed by atoms with Gasteiger partial charge in [-0.3, -0.25) is 0 Å². The molecule has 1 heterocycles. The summed E-state index contributed by atoms with van der Waals surface area (Å²) in [5, 5.41) is 0. The SMILES string of the molecule is CN1CCCC(C/C=C\CCN)C1. The molecule has 1 atom stereocenters. The van der Waals surface area contributed by atoms with Crippen molar-refractivity contribution in [1.29, 1.82) is 0 Å². The number of piperidine rings is 1. The highest BCUT2D eigenvalue weighted by molar-refractivity contribution is 4.86. The topological polar surface area (TPSA) is 29.3 Å². The van der Waals surface area contributed by atoms with Gasteiger partial charge in [-0.2, -0.15) is 0 Å². The number of hydrogen-bond donors (Lipinski definition) is 1. The number of hydrogen-bond acceptors (Lipinski definition) is 2. The van der Waals surface area contributed by atoms with Gasteiger partial charge < -0.3 is 10.6 Å². The van der Waals surface area contributed by atoms with Crippen molar-refractivity contribution in [2.75, 3.05) is 26.7 Å². The maximum Gasteiger partial charge on any atom is 0.000958 e. The van der Waals surface area contributed by atoms with Gasteiger partial charge in [0.05, 0.1) is 0 Å². The van der Waals surface area contributed by atoms with E-state index in [4.69, 9.17) is 5.73 Å². The Bertz CT molecular complexity index is 154. The van der Waals surface area contributed by atoms with E-state index in [1.165, 1.54) is 32.4 Å². The first kappa shape index (κ1) is 10.7. The van der Waals surface area contributed by atoms with E-state index in [0.717, 1.165) is 18.9 Å². The van der Waals surface area contributed by atoms with Gasteiger partial charge in [-0.1, -0.05) is 12.2 Å². The van der Waals surface area contributed by atoms with Crippen molar-refractivity contribution in [3.05, 3.63) is 12.2 Å². The molecule has 1 unspecified atom stereocenters. The van der Waals surface area contributed by atoms with Crippen LogP contribution in [-0.4, -0.2) is 31.6 Å². The predicted molar refractivity (Wildman–Crippen MR) is 57.6 cm³/mol. The van der Waals surface area contributed by atoms with Gasteiger partial charge in [-0.05, 0) is 51.7 Å². The maximum atomic E-state index is 5.41. The molecule has 0 aromatic carbocycles. The Balaban J connectivity index is 2.13. The summed E-state index contributed by atoms with van der Waals surface area (Å²) in [6.07, 6.45) is 9.56. The van der Waals surface area contributed by atoms with Crippen LogP contribution in [-0.2, 0) is 0 Å². The summed E-state index contributed by atoms with van der Waals surface area (Å²) in [5.41, 5.74) is 5.41. The first-order valence-electron chi connectivity index (χ1n) is 5.36. The first-order valence-corrected chi connectivity index (χ1v) is 5.36. The monoisotopic (exact) mass is 182 g/mol. The standard InChI is InChI=1S/C11H22N2/c1-13-9-5-7-11(10-13)6-3-2-4-8-12/h2-3,11H,4-10,12H2,1H3/b3-2-. The molecule has 1 rings (SSSR count). The summed E-state index contributed by atoms with van der Waals surface area (Å²) in [6, 6.07) is 0. The molecule has 1 saturated heterocycles. The average molecular weight is 182 g/mol. The fourth-order valence-corrected chi connectivity index (χ4v) is 1.97. The molecular formula is C11H22N2. The van der Waals surface area contributed by atoms with E-state index in [-0.39, 0.29) is 0 Å². The zero-order valence-corrected chi connectivity index (χ0v) is 8.71. The highest BCUT2D eigenvalue weighted by Crippen LogP contribution is 2.18. The molecule has 0 aromatic heterocycles. The predicted octanol–water partition coefficient (Wildman–Crippen LogP) is 1.62. The molecular weight excluding hydrogens is 160 g/mol. The molecule has 0 spiro atoms. The van der Waals surface area contributed by atoms with Crippen LogP contribution in [0, 0.1) is 5.92 Å². The summed E-state index contributed by atoms with van der Waals surface area (Å²) in [6.45, 7) is 3.33. The van der Waals surface area contributed by atoms with Crippen LogP contribution in [0.3, 0.4) is 0 Å². The lowest BCUT2D eigenvalue weighted by Gasteiger charge is -2.28. The Kier molecular flexibility index (Phi) is 5.09. The molecule has 2 nitrogen and oxygen atoms in total. The number of likely N-dealkylation sites (tertiary alicyclic amines) is 1. The van der Waals surface area contributed by atoms with Gasteiger partial charge in [0, 0.05) is 6.54 Å². The van der Waals surface area contributed by atoms with Crippen LogP contribution in [0.2, 0.25) is 0 Å². The lowest BCUT2D eigenvalue weighted by molar-refractivity contribution is 0.211. The van der Waals surface area contributed by atoms with Crippen molar-refractivity contribution in [3.63, 3.8) is 0 Å². The fraction of sp³-hybridized carbons (Fsp3) is 0.818. The molecule has 0 radical (unpaired) electrons. The van der Waals surface area contributed by atoms with Gasteiger partial charge in [0.15, 0.2) is 0 Å². The van der Waals surface area contributed by atoms with Gasteiger partial charge >= 0.3 is 0 Å². The number of allylic oxidation sites excluding steroid dienone is 1. The van der Waals surface area contributed by atoms with Crippen molar-refractivity contribution in [2.24, 2.45) is 11.7 Å². The largest absolute Gasteiger partial charge is 0.330 e. The van der Waals surface area contributed by atoms with Crippen LogP contribution in [0.25, 0.3) is 0 Å². The third-order valence-corrected chi connectivity index (χ3v) is 2.69. The second kappa shape index (κ2) is 6.17. The van der Waals surface area contributed by atoms with E-state index in [1.807, 2.05) is 0 Å². The summed E-state index contributed by atoms with van der Waals surface area (Å²) in [4.78, 5) is 2.44. The van der Waals surface area contributed by atoms with Gasteiger partial charge in [-0.25, -0.2) is 0 Å². The van der Waals surface area contributed by atoms with Crippen molar-refractivity contribution in [3.8, 4) is 0 Å². The normalized spacial score (nSPS) is 25.5. The minimum Gasteiger partial charge on any atom is -0.330 e. The van der Waals surface area contributed by atoms with Crippen LogP contribution in [0.1, 0.15) is 25.7 Å². The van der Waals surface area contributed by atoms with E-state index in [2.05, 4.69) is 24.1 Å². The van der Waals surface area contributed by atoms with E-state index in [1.54, 1.807) is 0 Å². The molecule has 0 aliphatic carbocycles. The van der Waals surface area contributed by atoms with Gasteiger partial charge in [0.25, 0.3) is 0 Å². The zero-order chi connectivity index (χ0) is 9.52. The van der Waals surface area contributed by atoms with Crippen LogP contribution >= 0.6 is 0 Å². The molecule has 2 N–H and O–H groups in total. The van der Waals surface area contributed by atoms with Crippen LogP contribution in [0.4, 0.5) is 0 Å². The van der Waals surface area contributed by atoms with Gasteiger partial charge in [0.2, 0.25) is 0 Å². The first-order chi connectivity index (χ1) is 6.33. The third kappa shape index (κ3) is 4.44. The minimum atomic E-state index is 0.779. The Hall–Kier alpha value is -0.340. The summed E-state index contributed by atoms with van der Waals surface area (Å²) in [7, 11) is 2.22. The Morgan fingerprint density at radius 2 is 2.31 bits per heavy atom. The quantitative estimate of drug-likeness (QED) is 0.669.